The van der Waals surface area contributed by atoms with Crippen LogP contribution in [-0.4, -0.2) is 32.2 Å². The number of amides is 1. The summed E-state index contributed by atoms with van der Waals surface area (Å²) >= 11 is 3.47. The van der Waals surface area contributed by atoms with Gasteiger partial charge >= 0.3 is 0 Å². The summed E-state index contributed by atoms with van der Waals surface area (Å²) in [4.78, 5) is 13.5. The van der Waals surface area contributed by atoms with Gasteiger partial charge in [-0.05, 0) is 36.1 Å². The van der Waals surface area contributed by atoms with Crippen molar-refractivity contribution in [2.24, 2.45) is 5.92 Å². The first kappa shape index (κ1) is 16.1. The second kappa shape index (κ2) is 7.21. The lowest BCUT2D eigenvalue weighted by Crippen LogP contribution is -2.42. The summed E-state index contributed by atoms with van der Waals surface area (Å²) in [6.45, 7) is 2.30. The zero-order valence-electron chi connectivity index (χ0n) is 13.1. The zero-order chi connectivity index (χ0) is 16.2. The van der Waals surface area contributed by atoms with E-state index in [2.05, 4.69) is 43.6 Å². The fourth-order valence-corrected chi connectivity index (χ4v) is 3.43. The molecule has 2 aromatic rings. The second-order valence-electron chi connectivity index (χ2n) is 6.06. The molecule has 122 valence electrons. The van der Waals surface area contributed by atoms with Gasteiger partial charge in [0.1, 0.15) is 6.54 Å². The molecule has 1 fully saturated rings. The molecule has 6 nitrogen and oxygen atoms in total. The van der Waals surface area contributed by atoms with Crippen molar-refractivity contribution < 1.29 is 4.79 Å². The van der Waals surface area contributed by atoms with Crippen LogP contribution in [-0.2, 0) is 11.3 Å². The third-order valence-corrected chi connectivity index (χ3v) is 5.00. The minimum absolute atomic E-state index is 0.0557. The normalized spacial score (nSPS) is 21.1. The lowest BCUT2D eigenvalue weighted by atomic mass is 9.86. The molecule has 0 spiro atoms. The van der Waals surface area contributed by atoms with Gasteiger partial charge in [0.05, 0.1) is 0 Å². The fraction of sp³-hybridized carbons (Fsp3) is 0.500. The molecule has 1 amide bonds. The molecule has 1 aromatic carbocycles. The molecule has 1 aliphatic carbocycles. The van der Waals surface area contributed by atoms with Gasteiger partial charge in [0.25, 0.3) is 0 Å². The van der Waals surface area contributed by atoms with Gasteiger partial charge in [0.2, 0.25) is 11.7 Å². The van der Waals surface area contributed by atoms with Crippen LogP contribution >= 0.6 is 15.9 Å². The Balaban J connectivity index is 1.62. The maximum Gasteiger partial charge on any atom is 0.243 e. The number of halogens is 1. The number of carbonyl (C=O) groups excluding carboxylic acids is 1. The molecule has 3 rings (SSSR count). The highest BCUT2D eigenvalue weighted by Crippen LogP contribution is 2.25. The van der Waals surface area contributed by atoms with E-state index in [1.807, 2.05) is 24.3 Å². The molecule has 0 unspecified atom stereocenters. The summed E-state index contributed by atoms with van der Waals surface area (Å²) < 4.78 is 0.903. The minimum Gasteiger partial charge on any atom is -0.351 e. The summed E-state index contributed by atoms with van der Waals surface area (Å²) in [7, 11) is 0. The first-order chi connectivity index (χ1) is 11.1. The van der Waals surface area contributed by atoms with Crippen molar-refractivity contribution in [3.63, 3.8) is 0 Å². The molecular formula is C16H20BrN5O. The first-order valence-electron chi connectivity index (χ1n) is 7.95. The Labute approximate surface area is 143 Å². The first-order valence-corrected chi connectivity index (χ1v) is 8.75. The lowest BCUT2D eigenvalue weighted by molar-refractivity contribution is -0.123. The average Bonchev–Trinajstić information content (AvgIpc) is 2.98. The van der Waals surface area contributed by atoms with Crippen molar-refractivity contribution in [3.05, 3.63) is 28.7 Å². The van der Waals surface area contributed by atoms with Gasteiger partial charge in [0, 0.05) is 16.1 Å². The van der Waals surface area contributed by atoms with Gasteiger partial charge in [-0.15, -0.1) is 10.2 Å². The Kier molecular flexibility index (Phi) is 5.05. The quantitative estimate of drug-likeness (QED) is 0.888. The average molecular weight is 378 g/mol. The lowest BCUT2D eigenvalue weighted by Gasteiger charge is -2.29. The molecule has 0 saturated heterocycles. The van der Waals surface area contributed by atoms with Crippen molar-refractivity contribution in [3.8, 4) is 11.4 Å². The van der Waals surface area contributed by atoms with Gasteiger partial charge < -0.3 is 5.32 Å². The van der Waals surface area contributed by atoms with Crippen molar-refractivity contribution in [1.82, 2.24) is 25.5 Å². The van der Waals surface area contributed by atoms with Crippen LogP contribution in [0.1, 0.15) is 32.6 Å². The Bertz CT molecular complexity index is 687. The second-order valence-corrected chi connectivity index (χ2v) is 6.91. The molecule has 23 heavy (non-hydrogen) atoms. The molecule has 1 heterocycles. The number of aromatic nitrogens is 4. The third kappa shape index (κ3) is 3.96. The number of benzene rings is 1. The Morgan fingerprint density at radius 3 is 2.91 bits per heavy atom. The summed E-state index contributed by atoms with van der Waals surface area (Å²) in [6, 6.07) is 7.94. The van der Waals surface area contributed by atoms with E-state index in [1.165, 1.54) is 24.1 Å². The summed E-state index contributed by atoms with van der Waals surface area (Å²) in [5.74, 6) is 0.989. The third-order valence-electron chi connectivity index (χ3n) is 4.31. The van der Waals surface area contributed by atoms with Gasteiger partial charge in [-0.1, -0.05) is 47.8 Å². The molecule has 0 radical (unpaired) electrons. The van der Waals surface area contributed by atoms with Gasteiger partial charge in [-0.2, -0.15) is 4.80 Å². The van der Waals surface area contributed by atoms with Crippen LogP contribution in [0.2, 0.25) is 0 Å². The molecule has 0 aliphatic heterocycles. The van der Waals surface area contributed by atoms with Crippen molar-refractivity contribution >= 4 is 21.8 Å². The van der Waals surface area contributed by atoms with Crippen LogP contribution in [0.15, 0.2) is 28.7 Å². The highest BCUT2D eigenvalue weighted by molar-refractivity contribution is 9.10. The van der Waals surface area contributed by atoms with E-state index in [0.29, 0.717) is 11.7 Å². The fourth-order valence-electron chi connectivity index (χ4n) is 2.97. The number of rotatable bonds is 4. The molecule has 1 N–H and O–H groups in total. The van der Waals surface area contributed by atoms with E-state index in [0.717, 1.165) is 16.5 Å². The molecule has 1 aromatic heterocycles. The van der Waals surface area contributed by atoms with Gasteiger partial charge in [-0.25, -0.2) is 0 Å². The monoisotopic (exact) mass is 377 g/mol. The summed E-state index contributed by atoms with van der Waals surface area (Å²) in [5, 5.41) is 15.4. The van der Waals surface area contributed by atoms with Crippen molar-refractivity contribution in [2.75, 3.05) is 0 Å². The Morgan fingerprint density at radius 2 is 2.13 bits per heavy atom. The highest BCUT2D eigenvalue weighted by Gasteiger charge is 2.23. The Hall–Kier alpha value is -1.76. The van der Waals surface area contributed by atoms with Crippen molar-refractivity contribution in [2.45, 2.75) is 45.2 Å². The standard InChI is InChI=1S/C16H20BrN5O/c1-11-6-2-5-9-14(11)18-15(23)10-22-20-16(19-21-22)12-7-3-4-8-13(12)17/h3-4,7-8,11,14H,2,5-6,9-10H2,1H3,(H,18,23)/t11-,14+/m0/s1. The van der Waals surface area contributed by atoms with Crippen LogP contribution in [0.25, 0.3) is 11.4 Å². The van der Waals surface area contributed by atoms with E-state index in [9.17, 15) is 4.79 Å². The van der Waals surface area contributed by atoms with E-state index < -0.39 is 0 Å². The topological polar surface area (TPSA) is 72.7 Å². The van der Waals surface area contributed by atoms with E-state index in [-0.39, 0.29) is 18.5 Å². The van der Waals surface area contributed by atoms with Crippen molar-refractivity contribution in [1.29, 1.82) is 0 Å². The maximum absolute atomic E-state index is 12.2. The largest absolute Gasteiger partial charge is 0.351 e. The van der Waals surface area contributed by atoms with Crippen LogP contribution < -0.4 is 5.32 Å². The molecule has 7 heteroatoms. The Morgan fingerprint density at radius 1 is 1.35 bits per heavy atom. The number of hydrogen-bond donors (Lipinski definition) is 1. The van der Waals surface area contributed by atoms with Gasteiger partial charge in [-0.3, -0.25) is 4.79 Å². The van der Waals surface area contributed by atoms with Gasteiger partial charge in [0.15, 0.2) is 0 Å². The predicted octanol–water partition coefficient (Wildman–Crippen LogP) is 2.80. The van der Waals surface area contributed by atoms with Crippen LogP contribution in [0.3, 0.4) is 0 Å². The molecule has 1 aliphatic rings. The predicted molar refractivity (Wildman–Crippen MR) is 90.5 cm³/mol. The molecular weight excluding hydrogens is 358 g/mol. The van der Waals surface area contributed by atoms with Crippen LogP contribution in [0.4, 0.5) is 0 Å². The van der Waals surface area contributed by atoms with E-state index in [4.69, 9.17) is 0 Å². The van der Waals surface area contributed by atoms with E-state index >= 15 is 0 Å². The van der Waals surface area contributed by atoms with E-state index in [1.54, 1.807) is 0 Å². The number of nitrogens with zero attached hydrogens (tertiary/aromatic N) is 4. The van der Waals surface area contributed by atoms with Crippen LogP contribution in [0, 0.1) is 5.92 Å². The minimum atomic E-state index is -0.0557. The molecule has 1 saturated carbocycles. The molecule has 2 atom stereocenters. The smallest absolute Gasteiger partial charge is 0.243 e. The molecule has 0 bridgehead atoms. The van der Waals surface area contributed by atoms with Crippen LogP contribution in [0.5, 0.6) is 0 Å². The zero-order valence-corrected chi connectivity index (χ0v) is 14.7. The highest BCUT2D eigenvalue weighted by atomic mass is 79.9. The SMILES string of the molecule is C[C@H]1CCCC[C@H]1NC(=O)Cn1nnc(-c2ccccc2Br)n1. The summed E-state index contributed by atoms with van der Waals surface area (Å²) in [6.07, 6.45) is 4.68. The maximum atomic E-state index is 12.2. The number of hydrogen-bond acceptors (Lipinski definition) is 4. The summed E-state index contributed by atoms with van der Waals surface area (Å²) in [5.41, 5.74) is 0.861. The number of tetrazole rings is 1. The number of nitrogens with one attached hydrogen (secondary N) is 1. The number of carbonyl (C=O) groups is 1.